The predicted octanol–water partition coefficient (Wildman–Crippen LogP) is 3.85. The Kier molecular flexibility index (Phi) is 3.46. The van der Waals surface area contributed by atoms with Crippen LogP contribution in [0.25, 0.3) is 0 Å². The Labute approximate surface area is 97.9 Å². The molecule has 0 saturated carbocycles. The van der Waals surface area contributed by atoms with Gasteiger partial charge in [-0.2, -0.15) is 0 Å². The van der Waals surface area contributed by atoms with E-state index in [9.17, 15) is 0 Å². The lowest BCUT2D eigenvalue weighted by atomic mass is 10.2. The van der Waals surface area contributed by atoms with Crippen molar-refractivity contribution < 1.29 is 4.42 Å². The highest BCUT2D eigenvalue weighted by Gasteiger charge is 2.07. The quantitative estimate of drug-likeness (QED) is 0.880. The third kappa shape index (κ3) is 2.84. The molecule has 1 unspecified atom stereocenters. The molecule has 0 aliphatic rings. The molecule has 0 saturated heterocycles. The number of hydrogen-bond acceptors (Lipinski definition) is 3. The maximum atomic E-state index is 5.88. The van der Waals surface area contributed by atoms with E-state index in [1.54, 1.807) is 17.6 Å². The monoisotopic (exact) mass is 241 g/mol. The zero-order valence-corrected chi connectivity index (χ0v) is 9.94. The van der Waals surface area contributed by atoms with Gasteiger partial charge in [-0.05, 0) is 36.1 Å². The van der Waals surface area contributed by atoms with E-state index in [-0.39, 0.29) is 0 Å². The van der Waals surface area contributed by atoms with E-state index < -0.39 is 0 Å². The van der Waals surface area contributed by atoms with Crippen molar-refractivity contribution in [1.82, 2.24) is 5.32 Å². The van der Waals surface area contributed by atoms with E-state index in [0.29, 0.717) is 6.04 Å². The number of furan rings is 1. The van der Waals surface area contributed by atoms with Gasteiger partial charge in [0.2, 0.25) is 0 Å². The second-order valence-corrected chi connectivity index (χ2v) is 4.91. The second kappa shape index (κ2) is 4.84. The van der Waals surface area contributed by atoms with Crippen LogP contribution in [0.2, 0.25) is 4.34 Å². The molecule has 2 heterocycles. The van der Waals surface area contributed by atoms with Gasteiger partial charge in [-0.15, -0.1) is 11.3 Å². The third-order valence-corrected chi connectivity index (χ3v) is 3.36. The van der Waals surface area contributed by atoms with Crippen molar-refractivity contribution in [2.75, 3.05) is 0 Å². The average molecular weight is 242 g/mol. The molecule has 0 bridgehead atoms. The summed E-state index contributed by atoms with van der Waals surface area (Å²) in [6.45, 7) is 2.85. The van der Waals surface area contributed by atoms with Gasteiger partial charge in [0.1, 0.15) is 5.76 Å². The Morgan fingerprint density at radius 1 is 1.60 bits per heavy atom. The van der Waals surface area contributed by atoms with Crippen molar-refractivity contribution in [2.45, 2.75) is 19.5 Å². The van der Waals surface area contributed by atoms with Gasteiger partial charge in [-0.3, -0.25) is 0 Å². The summed E-state index contributed by atoms with van der Waals surface area (Å²) in [7, 11) is 0. The lowest BCUT2D eigenvalue weighted by molar-refractivity contribution is 0.461. The number of halogens is 1. The highest BCUT2D eigenvalue weighted by Crippen LogP contribution is 2.24. The molecule has 0 aliphatic carbocycles. The van der Waals surface area contributed by atoms with Gasteiger partial charge in [0.15, 0.2) is 0 Å². The minimum atomic E-state index is 0.291. The average Bonchev–Trinajstić information content (AvgIpc) is 2.84. The van der Waals surface area contributed by atoms with Gasteiger partial charge in [0, 0.05) is 6.04 Å². The molecule has 0 radical (unpaired) electrons. The van der Waals surface area contributed by atoms with Crippen molar-refractivity contribution in [3.05, 3.63) is 45.5 Å². The summed E-state index contributed by atoms with van der Waals surface area (Å²) in [5.74, 6) is 0.947. The first kappa shape index (κ1) is 10.7. The topological polar surface area (TPSA) is 25.2 Å². The second-order valence-electron chi connectivity index (χ2n) is 3.37. The smallest absolute Gasteiger partial charge is 0.117 e. The van der Waals surface area contributed by atoms with Crippen molar-refractivity contribution >= 4 is 22.9 Å². The fraction of sp³-hybridized carbons (Fsp3) is 0.273. The van der Waals surface area contributed by atoms with Crippen molar-refractivity contribution in [3.8, 4) is 0 Å². The van der Waals surface area contributed by atoms with E-state index in [2.05, 4.69) is 17.6 Å². The molecule has 1 N–H and O–H groups in total. The minimum Gasteiger partial charge on any atom is -0.468 e. The van der Waals surface area contributed by atoms with E-state index in [4.69, 9.17) is 16.0 Å². The lowest BCUT2D eigenvalue weighted by Gasteiger charge is -2.10. The van der Waals surface area contributed by atoms with Gasteiger partial charge in [0.25, 0.3) is 0 Å². The molecule has 0 aromatic carbocycles. The number of rotatable bonds is 4. The number of thiophene rings is 1. The van der Waals surface area contributed by atoms with Gasteiger partial charge in [-0.1, -0.05) is 11.6 Å². The van der Waals surface area contributed by atoms with E-state index >= 15 is 0 Å². The normalized spacial score (nSPS) is 12.9. The minimum absolute atomic E-state index is 0.291. The first-order valence-electron chi connectivity index (χ1n) is 4.75. The molecule has 15 heavy (non-hydrogen) atoms. The van der Waals surface area contributed by atoms with Gasteiger partial charge in [0.05, 0.1) is 17.1 Å². The van der Waals surface area contributed by atoms with Crippen LogP contribution in [0, 0.1) is 0 Å². The van der Waals surface area contributed by atoms with Crippen molar-refractivity contribution in [2.24, 2.45) is 0 Å². The number of nitrogens with one attached hydrogen (secondary N) is 1. The zero-order valence-electron chi connectivity index (χ0n) is 8.37. The molecule has 0 fully saturated rings. The molecule has 2 aromatic rings. The molecule has 0 amide bonds. The summed E-state index contributed by atoms with van der Waals surface area (Å²) >= 11 is 7.43. The number of hydrogen-bond donors (Lipinski definition) is 1. The molecule has 0 spiro atoms. The van der Waals surface area contributed by atoms with Crippen LogP contribution in [-0.4, -0.2) is 0 Å². The summed E-state index contributed by atoms with van der Waals surface area (Å²) in [6, 6.07) is 6.13. The molecule has 0 aliphatic heterocycles. The van der Waals surface area contributed by atoms with Crippen LogP contribution < -0.4 is 5.32 Å². The zero-order chi connectivity index (χ0) is 10.7. The maximum Gasteiger partial charge on any atom is 0.117 e. The van der Waals surface area contributed by atoms with Crippen LogP contribution in [0.15, 0.2) is 34.3 Å². The first-order chi connectivity index (χ1) is 7.25. The standard InChI is InChI=1S/C11H12ClNOS/c1-8(9-5-11(12)15-7-9)13-6-10-3-2-4-14-10/h2-5,7-8,13H,6H2,1H3. The van der Waals surface area contributed by atoms with Crippen LogP contribution in [0.3, 0.4) is 0 Å². The molecule has 80 valence electrons. The molecule has 2 rings (SSSR count). The Balaban J connectivity index is 1.90. The summed E-state index contributed by atoms with van der Waals surface area (Å²) in [4.78, 5) is 0. The molecule has 2 aromatic heterocycles. The van der Waals surface area contributed by atoms with E-state index in [1.165, 1.54) is 5.56 Å². The molecule has 1 atom stereocenters. The Bertz CT molecular complexity index is 410. The predicted molar refractivity (Wildman–Crippen MR) is 63.3 cm³/mol. The Morgan fingerprint density at radius 3 is 3.07 bits per heavy atom. The lowest BCUT2D eigenvalue weighted by Crippen LogP contribution is -2.17. The van der Waals surface area contributed by atoms with Gasteiger partial charge >= 0.3 is 0 Å². The first-order valence-corrected chi connectivity index (χ1v) is 6.01. The van der Waals surface area contributed by atoms with E-state index in [1.807, 2.05) is 18.2 Å². The van der Waals surface area contributed by atoms with Crippen LogP contribution in [0.4, 0.5) is 0 Å². The Morgan fingerprint density at radius 2 is 2.47 bits per heavy atom. The fourth-order valence-corrected chi connectivity index (χ4v) is 2.32. The van der Waals surface area contributed by atoms with Crippen LogP contribution in [0.1, 0.15) is 24.3 Å². The van der Waals surface area contributed by atoms with E-state index in [0.717, 1.165) is 16.6 Å². The summed E-state index contributed by atoms with van der Waals surface area (Å²) in [5.41, 5.74) is 1.22. The summed E-state index contributed by atoms with van der Waals surface area (Å²) < 4.78 is 6.07. The highest BCUT2D eigenvalue weighted by atomic mass is 35.5. The van der Waals surface area contributed by atoms with Gasteiger partial charge in [-0.25, -0.2) is 0 Å². The van der Waals surface area contributed by atoms with Crippen molar-refractivity contribution in [3.63, 3.8) is 0 Å². The summed E-state index contributed by atoms with van der Waals surface area (Å²) in [6.07, 6.45) is 1.68. The fourth-order valence-electron chi connectivity index (χ4n) is 1.34. The van der Waals surface area contributed by atoms with Crippen molar-refractivity contribution in [1.29, 1.82) is 0 Å². The van der Waals surface area contributed by atoms with Gasteiger partial charge < -0.3 is 9.73 Å². The highest BCUT2D eigenvalue weighted by molar-refractivity contribution is 7.14. The van der Waals surface area contributed by atoms with Crippen LogP contribution in [-0.2, 0) is 6.54 Å². The van der Waals surface area contributed by atoms with Crippen LogP contribution >= 0.6 is 22.9 Å². The summed E-state index contributed by atoms with van der Waals surface area (Å²) in [5, 5.41) is 5.44. The maximum absolute atomic E-state index is 5.88. The molecule has 4 heteroatoms. The third-order valence-electron chi connectivity index (χ3n) is 2.25. The SMILES string of the molecule is CC(NCc1ccco1)c1csc(Cl)c1. The molecule has 2 nitrogen and oxygen atoms in total. The molecular formula is C11H12ClNOS. The molecular weight excluding hydrogens is 230 g/mol. The largest absolute Gasteiger partial charge is 0.468 e. The Hall–Kier alpha value is -0.770. The van der Waals surface area contributed by atoms with Crippen LogP contribution in [0.5, 0.6) is 0 Å².